The van der Waals surface area contributed by atoms with Crippen LogP contribution in [0.4, 0.5) is 0 Å². The minimum absolute atomic E-state index is 0.0405. The fraction of sp³-hybridized carbons (Fsp3) is 0.500. The van der Waals surface area contributed by atoms with E-state index in [9.17, 15) is 4.79 Å². The lowest BCUT2D eigenvalue weighted by atomic mass is 9.84. The van der Waals surface area contributed by atoms with Gasteiger partial charge in [0.2, 0.25) is 0 Å². The summed E-state index contributed by atoms with van der Waals surface area (Å²) in [6.45, 7) is 5.58. The van der Waals surface area contributed by atoms with Gasteiger partial charge < -0.3 is 5.73 Å². The molecule has 0 aliphatic rings. The quantitative estimate of drug-likeness (QED) is 0.827. The highest BCUT2D eigenvalue weighted by atomic mass is 16.1. The highest BCUT2D eigenvalue weighted by molar-refractivity contribution is 5.77. The zero-order valence-electron chi connectivity index (χ0n) is 10.4. The molecular weight excluding hydrogens is 198 g/mol. The topological polar surface area (TPSA) is 43.1 Å². The summed E-state index contributed by atoms with van der Waals surface area (Å²) in [6.07, 6.45) is 1.54. The molecule has 2 atom stereocenters. The van der Waals surface area contributed by atoms with Gasteiger partial charge in [-0.25, -0.2) is 0 Å². The summed E-state index contributed by atoms with van der Waals surface area (Å²) in [4.78, 5) is 11.2. The van der Waals surface area contributed by atoms with Gasteiger partial charge in [0.1, 0.15) is 5.78 Å². The van der Waals surface area contributed by atoms with E-state index in [0.717, 1.165) is 12.8 Å². The highest BCUT2D eigenvalue weighted by Gasteiger charge is 2.23. The van der Waals surface area contributed by atoms with Crippen LogP contribution < -0.4 is 5.73 Å². The Morgan fingerprint density at radius 3 is 2.44 bits per heavy atom. The van der Waals surface area contributed by atoms with Gasteiger partial charge in [-0.15, -0.1) is 0 Å². The van der Waals surface area contributed by atoms with Crippen LogP contribution in [0.15, 0.2) is 30.3 Å². The molecule has 2 N–H and O–H groups in total. The molecule has 2 nitrogen and oxygen atoms in total. The number of ketones is 1. The summed E-state index contributed by atoms with van der Waals surface area (Å²) >= 11 is 0. The molecule has 88 valence electrons. The average molecular weight is 219 g/mol. The molecule has 16 heavy (non-hydrogen) atoms. The van der Waals surface area contributed by atoms with Crippen LogP contribution in [-0.4, -0.2) is 11.3 Å². The summed E-state index contributed by atoms with van der Waals surface area (Å²) in [5.74, 6) is 0.253. The van der Waals surface area contributed by atoms with Gasteiger partial charge in [-0.1, -0.05) is 37.3 Å². The smallest absolute Gasteiger partial charge is 0.132 e. The van der Waals surface area contributed by atoms with Crippen LogP contribution >= 0.6 is 0 Å². The number of benzene rings is 1. The van der Waals surface area contributed by atoms with E-state index in [0.29, 0.717) is 0 Å². The lowest BCUT2D eigenvalue weighted by molar-refractivity contribution is -0.120. The van der Waals surface area contributed by atoms with Crippen molar-refractivity contribution in [2.24, 2.45) is 11.7 Å². The fourth-order valence-electron chi connectivity index (χ4n) is 1.98. The van der Waals surface area contributed by atoms with Crippen LogP contribution in [0.25, 0.3) is 0 Å². The molecule has 0 spiro atoms. The van der Waals surface area contributed by atoms with Crippen LogP contribution in [0.1, 0.15) is 32.8 Å². The van der Waals surface area contributed by atoms with Gasteiger partial charge in [-0.05, 0) is 32.3 Å². The van der Waals surface area contributed by atoms with Gasteiger partial charge in [-0.2, -0.15) is 0 Å². The molecule has 1 aromatic rings. The summed E-state index contributed by atoms with van der Waals surface area (Å²) in [5.41, 5.74) is 7.15. The maximum atomic E-state index is 11.2. The first-order valence-corrected chi connectivity index (χ1v) is 5.74. The zero-order valence-corrected chi connectivity index (χ0v) is 10.4. The molecule has 2 heteroatoms. The van der Waals surface area contributed by atoms with Gasteiger partial charge in [-0.3, -0.25) is 4.79 Å². The normalized spacial score (nSPS) is 16.5. The van der Waals surface area contributed by atoms with E-state index < -0.39 is 0 Å². The number of carbonyl (C=O) groups excluding carboxylic acids is 1. The van der Waals surface area contributed by atoms with Gasteiger partial charge in [0.25, 0.3) is 0 Å². The van der Waals surface area contributed by atoms with E-state index in [1.165, 1.54) is 5.56 Å². The number of hydrogen-bond donors (Lipinski definition) is 1. The van der Waals surface area contributed by atoms with Crippen LogP contribution in [0.5, 0.6) is 0 Å². The molecule has 0 amide bonds. The van der Waals surface area contributed by atoms with E-state index in [1.807, 2.05) is 32.0 Å². The second kappa shape index (κ2) is 5.26. The second-order valence-electron chi connectivity index (χ2n) is 5.03. The molecule has 0 radical (unpaired) electrons. The van der Waals surface area contributed by atoms with Crippen LogP contribution in [-0.2, 0) is 11.2 Å². The molecule has 0 saturated carbocycles. The Hall–Kier alpha value is -1.15. The number of Topliss-reactive ketones (excluding diaryl/α,β-unsaturated/α-hetero) is 1. The minimum atomic E-state index is -0.313. The minimum Gasteiger partial charge on any atom is -0.325 e. The van der Waals surface area contributed by atoms with Crippen molar-refractivity contribution in [3.05, 3.63) is 35.9 Å². The van der Waals surface area contributed by atoms with Crippen molar-refractivity contribution in [3.63, 3.8) is 0 Å². The molecule has 0 saturated heterocycles. The van der Waals surface area contributed by atoms with Crippen LogP contribution in [0.3, 0.4) is 0 Å². The largest absolute Gasteiger partial charge is 0.325 e. The first-order valence-electron chi connectivity index (χ1n) is 5.74. The third kappa shape index (κ3) is 4.15. The van der Waals surface area contributed by atoms with Crippen molar-refractivity contribution in [1.82, 2.24) is 0 Å². The lowest BCUT2D eigenvalue weighted by Gasteiger charge is -2.27. The summed E-state index contributed by atoms with van der Waals surface area (Å²) < 4.78 is 0. The molecule has 1 unspecified atom stereocenters. The summed E-state index contributed by atoms with van der Waals surface area (Å²) in [7, 11) is 0. The monoisotopic (exact) mass is 219 g/mol. The molecule has 0 bridgehead atoms. The first kappa shape index (κ1) is 12.9. The van der Waals surface area contributed by atoms with Gasteiger partial charge in [0.15, 0.2) is 0 Å². The SMILES string of the molecule is CC(=O)[C@@H](C)CC(C)(N)Cc1ccccc1. The van der Waals surface area contributed by atoms with E-state index in [4.69, 9.17) is 5.73 Å². The Labute approximate surface area is 97.9 Å². The van der Waals surface area contributed by atoms with Crippen molar-refractivity contribution in [3.8, 4) is 0 Å². The predicted molar refractivity (Wildman–Crippen MR) is 67.2 cm³/mol. The van der Waals surface area contributed by atoms with E-state index in [-0.39, 0.29) is 17.2 Å². The number of carbonyl (C=O) groups is 1. The maximum absolute atomic E-state index is 11.2. The van der Waals surface area contributed by atoms with Crippen molar-refractivity contribution in [2.75, 3.05) is 0 Å². The summed E-state index contributed by atoms with van der Waals surface area (Å²) in [6, 6.07) is 10.2. The van der Waals surface area contributed by atoms with Crippen molar-refractivity contribution >= 4 is 5.78 Å². The van der Waals surface area contributed by atoms with Crippen LogP contribution in [0, 0.1) is 5.92 Å². The van der Waals surface area contributed by atoms with Crippen molar-refractivity contribution in [1.29, 1.82) is 0 Å². The highest BCUT2D eigenvalue weighted by Crippen LogP contribution is 2.19. The molecule has 1 aromatic carbocycles. The third-order valence-electron chi connectivity index (χ3n) is 2.92. The molecule has 0 aromatic heterocycles. The van der Waals surface area contributed by atoms with Crippen LogP contribution in [0.2, 0.25) is 0 Å². The molecular formula is C14H21NO. The first-order chi connectivity index (χ1) is 7.41. The predicted octanol–water partition coefficient (Wildman–Crippen LogP) is 2.56. The molecule has 0 fully saturated rings. The Bertz CT molecular complexity index is 343. The Kier molecular flexibility index (Phi) is 4.25. The maximum Gasteiger partial charge on any atom is 0.132 e. The fourth-order valence-corrected chi connectivity index (χ4v) is 1.98. The molecule has 0 aliphatic heterocycles. The lowest BCUT2D eigenvalue weighted by Crippen LogP contribution is -2.41. The standard InChI is InChI=1S/C14H21NO/c1-11(12(2)16)9-14(3,15)10-13-7-5-4-6-8-13/h4-8,11H,9-10,15H2,1-3H3/t11-,14?/m0/s1. The van der Waals surface area contributed by atoms with Gasteiger partial charge in [0, 0.05) is 11.5 Å². The Morgan fingerprint density at radius 2 is 1.94 bits per heavy atom. The Balaban J connectivity index is 2.61. The van der Waals surface area contributed by atoms with E-state index in [1.54, 1.807) is 6.92 Å². The third-order valence-corrected chi connectivity index (χ3v) is 2.92. The number of rotatable bonds is 5. The van der Waals surface area contributed by atoms with Gasteiger partial charge in [0.05, 0.1) is 0 Å². The van der Waals surface area contributed by atoms with Crippen molar-refractivity contribution < 1.29 is 4.79 Å². The zero-order chi connectivity index (χ0) is 12.2. The van der Waals surface area contributed by atoms with E-state index in [2.05, 4.69) is 12.1 Å². The Morgan fingerprint density at radius 1 is 1.38 bits per heavy atom. The van der Waals surface area contributed by atoms with E-state index >= 15 is 0 Å². The molecule has 0 aliphatic carbocycles. The summed E-state index contributed by atoms with van der Waals surface area (Å²) in [5, 5.41) is 0. The second-order valence-corrected chi connectivity index (χ2v) is 5.03. The van der Waals surface area contributed by atoms with Crippen molar-refractivity contribution in [2.45, 2.75) is 39.2 Å². The number of hydrogen-bond acceptors (Lipinski definition) is 2. The average Bonchev–Trinajstić information content (AvgIpc) is 2.17. The number of nitrogens with two attached hydrogens (primary N) is 1. The van der Waals surface area contributed by atoms with Gasteiger partial charge >= 0.3 is 0 Å². The molecule has 0 heterocycles. The molecule has 1 rings (SSSR count).